The Labute approximate surface area is 160 Å². The van der Waals surface area contributed by atoms with Gasteiger partial charge in [0.15, 0.2) is 0 Å². The minimum Gasteiger partial charge on any atom is -0.480 e. The lowest BCUT2D eigenvalue weighted by molar-refractivity contribution is -0.138. The number of hydrogen-bond acceptors (Lipinski definition) is 6. The highest BCUT2D eigenvalue weighted by atomic mass is 16.4. The van der Waals surface area contributed by atoms with Crippen molar-refractivity contribution in [1.29, 1.82) is 0 Å². The zero-order valence-electron chi connectivity index (χ0n) is 16.0. The van der Waals surface area contributed by atoms with Crippen LogP contribution in [0.2, 0.25) is 0 Å². The molecule has 1 saturated heterocycles. The molecule has 1 unspecified atom stereocenters. The molecule has 27 heavy (non-hydrogen) atoms. The van der Waals surface area contributed by atoms with Crippen LogP contribution in [-0.4, -0.2) is 65.7 Å². The van der Waals surface area contributed by atoms with Gasteiger partial charge in [0.05, 0.1) is 6.54 Å². The summed E-state index contributed by atoms with van der Waals surface area (Å²) in [5, 5.41) is 9.02. The lowest BCUT2D eigenvalue weighted by Gasteiger charge is -2.26. The van der Waals surface area contributed by atoms with Gasteiger partial charge in [-0.1, -0.05) is 18.2 Å². The lowest BCUT2D eigenvalue weighted by atomic mass is 10.1. The molecule has 0 radical (unpaired) electrons. The number of aliphatic carboxylic acids is 1. The Bertz CT molecular complexity index is 755. The number of carboxylic acids is 1. The number of aromatic nitrogens is 2. The van der Waals surface area contributed by atoms with Gasteiger partial charge in [0.25, 0.3) is 0 Å². The van der Waals surface area contributed by atoms with E-state index in [4.69, 9.17) is 5.11 Å². The van der Waals surface area contributed by atoms with E-state index in [1.54, 1.807) is 6.33 Å². The van der Waals surface area contributed by atoms with E-state index in [0.717, 1.165) is 49.7 Å². The molecule has 0 bridgehead atoms. The van der Waals surface area contributed by atoms with Crippen LogP contribution in [0, 0.1) is 0 Å². The van der Waals surface area contributed by atoms with Gasteiger partial charge in [-0.2, -0.15) is 0 Å². The van der Waals surface area contributed by atoms with E-state index < -0.39 is 5.97 Å². The van der Waals surface area contributed by atoms with Crippen LogP contribution >= 0.6 is 0 Å². The second-order valence-corrected chi connectivity index (χ2v) is 7.01. The fourth-order valence-electron chi connectivity index (χ4n) is 3.57. The van der Waals surface area contributed by atoms with Crippen molar-refractivity contribution in [2.45, 2.75) is 25.3 Å². The van der Waals surface area contributed by atoms with Gasteiger partial charge in [-0.05, 0) is 38.4 Å². The van der Waals surface area contributed by atoms with Crippen molar-refractivity contribution in [3.63, 3.8) is 0 Å². The van der Waals surface area contributed by atoms with Gasteiger partial charge in [-0.25, -0.2) is 9.97 Å². The quantitative estimate of drug-likeness (QED) is 0.839. The van der Waals surface area contributed by atoms with E-state index in [2.05, 4.69) is 27.0 Å². The highest BCUT2D eigenvalue weighted by molar-refractivity contribution is 5.69. The summed E-state index contributed by atoms with van der Waals surface area (Å²) in [4.78, 5) is 26.1. The number of para-hydroxylation sites is 1. The molecule has 0 spiro atoms. The van der Waals surface area contributed by atoms with Gasteiger partial charge in [-0.3, -0.25) is 9.69 Å². The van der Waals surface area contributed by atoms with E-state index in [0.29, 0.717) is 6.04 Å². The number of carbonyl (C=O) groups is 1. The van der Waals surface area contributed by atoms with Crippen molar-refractivity contribution in [3.8, 4) is 0 Å². The molecule has 7 nitrogen and oxygen atoms in total. The predicted molar refractivity (Wildman–Crippen MR) is 107 cm³/mol. The van der Waals surface area contributed by atoms with Crippen LogP contribution < -0.4 is 9.80 Å². The Morgan fingerprint density at radius 1 is 1.19 bits per heavy atom. The molecule has 7 heteroatoms. The SMILES string of the molecule is CN(c1ccccc1)c1cc(N2CCCC(N(C)CC(=O)O)CC2)ncn1. The fraction of sp³-hybridized carbons (Fsp3) is 0.450. The summed E-state index contributed by atoms with van der Waals surface area (Å²) in [5.41, 5.74) is 1.08. The van der Waals surface area contributed by atoms with Gasteiger partial charge in [0.1, 0.15) is 18.0 Å². The molecule has 1 aromatic heterocycles. The Morgan fingerprint density at radius 3 is 2.70 bits per heavy atom. The number of carboxylic acid groups (broad SMARTS) is 1. The Balaban J connectivity index is 1.69. The van der Waals surface area contributed by atoms with E-state index in [9.17, 15) is 4.79 Å². The summed E-state index contributed by atoms with van der Waals surface area (Å²) < 4.78 is 0. The number of hydrogen-bond donors (Lipinski definition) is 1. The maximum absolute atomic E-state index is 11.0. The van der Waals surface area contributed by atoms with E-state index in [1.807, 2.05) is 48.2 Å². The minimum absolute atomic E-state index is 0.0875. The van der Waals surface area contributed by atoms with Crippen LogP contribution in [0.5, 0.6) is 0 Å². The summed E-state index contributed by atoms with van der Waals surface area (Å²) in [6.45, 7) is 1.87. The van der Waals surface area contributed by atoms with Crippen molar-refractivity contribution in [1.82, 2.24) is 14.9 Å². The molecule has 1 aliphatic rings. The molecule has 3 rings (SSSR count). The highest BCUT2D eigenvalue weighted by Crippen LogP contribution is 2.25. The monoisotopic (exact) mass is 369 g/mol. The largest absolute Gasteiger partial charge is 0.480 e. The third-order valence-electron chi connectivity index (χ3n) is 5.15. The van der Waals surface area contributed by atoms with Crippen LogP contribution in [0.15, 0.2) is 42.7 Å². The maximum Gasteiger partial charge on any atom is 0.317 e. The van der Waals surface area contributed by atoms with Crippen LogP contribution in [0.4, 0.5) is 17.3 Å². The fourth-order valence-corrected chi connectivity index (χ4v) is 3.57. The van der Waals surface area contributed by atoms with Gasteiger partial charge in [-0.15, -0.1) is 0 Å². The average molecular weight is 369 g/mol. The predicted octanol–water partition coefficient (Wildman–Crippen LogP) is 2.62. The number of likely N-dealkylation sites (N-methyl/N-ethyl adjacent to an activating group) is 1. The molecular formula is C20H27N5O2. The number of benzene rings is 1. The van der Waals surface area contributed by atoms with Crippen molar-refractivity contribution in [2.24, 2.45) is 0 Å². The molecule has 1 N–H and O–H groups in total. The van der Waals surface area contributed by atoms with Crippen molar-refractivity contribution >= 4 is 23.3 Å². The molecule has 2 heterocycles. The molecule has 1 aromatic carbocycles. The molecule has 1 atom stereocenters. The summed E-state index contributed by atoms with van der Waals surface area (Å²) in [7, 11) is 3.90. The molecule has 144 valence electrons. The van der Waals surface area contributed by atoms with E-state index in [1.165, 1.54) is 0 Å². The second kappa shape index (κ2) is 8.81. The lowest BCUT2D eigenvalue weighted by Crippen LogP contribution is -2.36. The first-order valence-electron chi connectivity index (χ1n) is 9.32. The summed E-state index contributed by atoms with van der Waals surface area (Å²) in [6, 6.07) is 12.4. The zero-order chi connectivity index (χ0) is 19.2. The first kappa shape index (κ1) is 19.1. The minimum atomic E-state index is -0.775. The first-order valence-corrected chi connectivity index (χ1v) is 9.32. The zero-order valence-corrected chi connectivity index (χ0v) is 16.0. The standard InChI is InChI=1S/C20H27N5O2/c1-23(14-20(26)27)16-9-6-11-25(12-10-16)19-13-18(21-15-22-19)24(2)17-7-4-3-5-8-17/h3-5,7-8,13,15-16H,6,9-12,14H2,1-2H3,(H,26,27). The van der Waals surface area contributed by atoms with Crippen LogP contribution in [-0.2, 0) is 4.79 Å². The van der Waals surface area contributed by atoms with Gasteiger partial charge >= 0.3 is 5.97 Å². The molecule has 0 saturated carbocycles. The Morgan fingerprint density at radius 2 is 1.96 bits per heavy atom. The molecule has 1 aliphatic heterocycles. The van der Waals surface area contributed by atoms with Crippen molar-refractivity contribution < 1.29 is 9.90 Å². The Kier molecular flexibility index (Phi) is 6.24. The normalized spacial score (nSPS) is 17.6. The molecule has 0 aliphatic carbocycles. The molecule has 1 fully saturated rings. The third-order valence-corrected chi connectivity index (χ3v) is 5.15. The summed E-state index contributed by atoms with van der Waals surface area (Å²) in [6.07, 6.45) is 4.56. The molecule has 2 aromatic rings. The molecular weight excluding hydrogens is 342 g/mol. The third kappa shape index (κ3) is 4.95. The average Bonchev–Trinajstić information content (AvgIpc) is 2.94. The van der Waals surface area contributed by atoms with Crippen molar-refractivity contribution in [2.75, 3.05) is 43.5 Å². The first-order chi connectivity index (χ1) is 13.0. The smallest absolute Gasteiger partial charge is 0.317 e. The topological polar surface area (TPSA) is 72.8 Å². The van der Waals surface area contributed by atoms with Gasteiger partial charge in [0.2, 0.25) is 0 Å². The van der Waals surface area contributed by atoms with Crippen molar-refractivity contribution in [3.05, 3.63) is 42.7 Å². The van der Waals surface area contributed by atoms with Crippen LogP contribution in [0.1, 0.15) is 19.3 Å². The van der Waals surface area contributed by atoms with E-state index in [-0.39, 0.29) is 6.54 Å². The second-order valence-electron chi connectivity index (χ2n) is 7.01. The highest BCUT2D eigenvalue weighted by Gasteiger charge is 2.22. The van der Waals surface area contributed by atoms with Crippen LogP contribution in [0.3, 0.4) is 0 Å². The summed E-state index contributed by atoms with van der Waals surface area (Å²) >= 11 is 0. The maximum atomic E-state index is 11.0. The van der Waals surface area contributed by atoms with Gasteiger partial charge < -0.3 is 14.9 Å². The number of anilines is 3. The summed E-state index contributed by atoms with van der Waals surface area (Å²) in [5.74, 6) is 1.00. The Hall–Kier alpha value is -2.67. The van der Waals surface area contributed by atoms with Crippen LogP contribution in [0.25, 0.3) is 0 Å². The molecule has 0 amide bonds. The number of nitrogens with zero attached hydrogens (tertiary/aromatic N) is 5. The van der Waals surface area contributed by atoms with Gasteiger partial charge in [0, 0.05) is 37.9 Å². The number of rotatable bonds is 6. The van der Waals surface area contributed by atoms with E-state index >= 15 is 0 Å².